The molecule has 0 radical (unpaired) electrons. The highest BCUT2D eigenvalue weighted by Crippen LogP contribution is 2.26. The average molecular weight is 278 g/mol. The van der Waals surface area contributed by atoms with Gasteiger partial charge in [-0.05, 0) is 48.5 Å². The lowest BCUT2D eigenvalue weighted by atomic mass is 10.0. The Morgan fingerprint density at radius 3 is 2.68 bits per heavy atom. The van der Waals surface area contributed by atoms with Gasteiger partial charge in [0, 0.05) is 0 Å². The first-order valence-corrected chi connectivity index (χ1v) is 6.19. The Balaban J connectivity index is 2.07. The summed E-state index contributed by atoms with van der Waals surface area (Å²) in [6, 6.07) is 9.12. The van der Waals surface area contributed by atoms with E-state index in [0.29, 0.717) is 5.22 Å². The molecule has 1 atom stereocenters. The van der Waals surface area contributed by atoms with Crippen LogP contribution < -0.4 is 11.0 Å². The number of hydrogen-bond donors (Lipinski definition) is 3. The molecule has 0 aliphatic heterocycles. The summed E-state index contributed by atoms with van der Waals surface area (Å²) in [5.74, 6) is 0.727. The largest absolute Gasteiger partial charge is 0.448 e. The number of nitrogens with one attached hydrogen (secondary N) is 3. The monoisotopic (exact) mass is 277 g/mol. The minimum absolute atomic E-state index is 0.115. The zero-order chi connectivity index (χ0) is 13.4. The molecule has 0 fully saturated rings. The smallest absolute Gasteiger partial charge is 0.323 e. The van der Waals surface area contributed by atoms with E-state index in [1.165, 1.54) is 0 Å². The predicted molar refractivity (Wildman–Crippen MR) is 73.5 cm³/mol. The van der Waals surface area contributed by atoms with E-state index in [9.17, 15) is 4.79 Å². The van der Waals surface area contributed by atoms with Crippen LogP contribution >= 0.6 is 11.6 Å². The molecule has 19 heavy (non-hydrogen) atoms. The van der Waals surface area contributed by atoms with E-state index in [1.807, 2.05) is 31.3 Å². The predicted octanol–water partition coefficient (Wildman–Crippen LogP) is 2.41. The number of hydrogen-bond acceptors (Lipinski definition) is 3. The van der Waals surface area contributed by atoms with Crippen molar-refractivity contribution in [2.24, 2.45) is 0 Å². The highest BCUT2D eigenvalue weighted by atomic mass is 35.5. The van der Waals surface area contributed by atoms with E-state index in [-0.39, 0.29) is 11.7 Å². The minimum Gasteiger partial charge on any atom is -0.448 e. The molecule has 0 saturated carbocycles. The Kier molecular flexibility index (Phi) is 2.93. The summed E-state index contributed by atoms with van der Waals surface area (Å²) in [7, 11) is 1.84. The molecule has 0 aliphatic rings. The van der Waals surface area contributed by atoms with Crippen molar-refractivity contribution in [1.82, 2.24) is 15.3 Å². The normalized spacial score (nSPS) is 12.9. The van der Waals surface area contributed by atoms with Crippen LogP contribution in [0.2, 0.25) is 5.22 Å². The van der Waals surface area contributed by atoms with Crippen molar-refractivity contribution in [2.75, 3.05) is 7.05 Å². The van der Waals surface area contributed by atoms with Crippen LogP contribution in [0.4, 0.5) is 0 Å². The third kappa shape index (κ3) is 2.18. The quantitative estimate of drug-likeness (QED) is 0.688. The number of benzene rings is 1. The first-order valence-electron chi connectivity index (χ1n) is 5.82. The molecule has 2 heterocycles. The third-order valence-electron chi connectivity index (χ3n) is 3.04. The van der Waals surface area contributed by atoms with Gasteiger partial charge in [-0.2, -0.15) is 0 Å². The van der Waals surface area contributed by atoms with Crippen LogP contribution in [-0.4, -0.2) is 17.0 Å². The molecule has 1 unspecified atom stereocenters. The van der Waals surface area contributed by atoms with Crippen molar-refractivity contribution >= 4 is 22.6 Å². The zero-order valence-corrected chi connectivity index (χ0v) is 10.9. The fourth-order valence-electron chi connectivity index (χ4n) is 2.19. The molecular formula is C13H12ClN3O2. The van der Waals surface area contributed by atoms with Crippen molar-refractivity contribution < 1.29 is 4.42 Å². The number of fused-ring (bicyclic) bond motifs is 1. The molecule has 0 saturated heterocycles. The Morgan fingerprint density at radius 1 is 1.21 bits per heavy atom. The second-order valence-corrected chi connectivity index (χ2v) is 4.62. The van der Waals surface area contributed by atoms with E-state index >= 15 is 0 Å². The van der Waals surface area contributed by atoms with Gasteiger partial charge in [0.25, 0.3) is 0 Å². The van der Waals surface area contributed by atoms with E-state index in [4.69, 9.17) is 16.0 Å². The molecule has 0 bridgehead atoms. The maximum Gasteiger partial charge on any atom is 0.323 e. The number of halogens is 1. The lowest BCUT2D eigenvalue weighted by Crippen LogP contribution is -2.16. The van der Waals surface area contributed by atoms with Crippen LogP contribution in [0.15, 0.2) is 39.5 Å². The fraction of sp³-hybridized carbons (Fsp3) is 0.154. The number of rotatable bonds is 3. The molecule has 3 N–H and O–H groups in total. The number of aromatic amines is 2. The first kappa shape index (κ1) is 12.1. The van der Waals surface area contributed by atoms with Gasteiger partial charge in [0.05, 0.1) is 17.1 Å². The molecular weight excluding hydrogens is 266 g/mol. The van der Waals surface area contributed by atoms with Crippen molar-refractivity contribution in [3.05, 3.63) is 57.4 Å². The Bertz CT molecular complexity index is 771. The van der Waals surface area contributed by atoms with Crippen LogP contribution in [0.3, 0.4) is 0 Å². The van der Waals surface area contributed by atoms with E-state index in [0.717, 1.165) is 22.4 Å². The van der Waals surface area contributed by atoms with Gasteiger partial charge >= 0.3 is 5.69 Å². The number of aromatic nitrogens is 2. The summed E-state index contributed by atoms with van der Waals surface area (Å²) in [6.07, 6.45) is 0. The summed E-state index contributed by atoms with van der Waals surface area (Å²) in [5, 5.41) is 3.52. The van der Waals surface area contributed by atoms with Gasteiger partial charge in [0.15, 0.2) is 5.22 Å². The zero-order valence-electron chi connectivity index (χ0n) is 10.2. The minimum atomic E-state index is -0.214. The highest BCUT2D eigenvalue weighted by Gasteiger charge is 2.16. The van der Waals surface area contributed by atoms with Crippen molar-refractivity contribution in [1.29, 1.82) is 0 Å². The van der Waals surface area contributed by atoms with Crippen LogP contribution in [0.1, 0.15) is 17.4 Å². The van der Waals surface area contributed by atoms with Gasteiger partial charge in [-0.3, -0.25) is 0 Å². The number of furan rings is 1. The number of H-pyrrole nitrogens is 2. The van der Waals surface area contributed by atoms with Gasteiger partial charge in [-0.15, -0.1) is 0 Å². The highest BCUT2D eigenvalue weighted by molar-refractivity contribution is 6.28. The van der Waals surface area contributed by atoms with Crippen LogP contribution in [0.5, 0.6) is 0 Å². The van der Waals surface area contributed by atoms with Crippen molar-refractivity contribution in [3.8, 4) is 0 Å². The van der Waals surface area contributed by atoms with E-state index in [1.54, 1.807) is 6.07 Å². The van der Waals surface area contributed by atoms with Crippen LogP contribution in [-0.2, 0) is 0 Å². The molecule has 3 aromatic rings. The summed E-state index contributed by atoms with van der Waals surface area (Å²) >= 11 is 5.80. The lowest BCUT2D eigenvalue weighted by Gasteiger charge is -2.13. The second-order valence-electron chi connectivity index (χ2n) is 4.25. The lowest BCUT2D eigenvalue weighted by molar-refractivity contribution is 0.465. The Morgan fingerprint density at radius 2 is 2.00 bits per heavy atom. The maximum absolute atomic E-state index is 11.3. The molecule has 1 aromatic carbocycles. The molecule has 0 spiro atoms. The molecule has 0 amide bonds. The Labute approximate surface area is 113 Å². The Hall–Kier alpha value is -1.98. The molecule has 2 aromatic heterocycles. The molecule has 0 aliphatic carbocycles. The van der Waals surface area contributed by atoms with E-state index in [2.05, 4.69) is 15.3 Å². The fourth-order valence-corrected chi connectivity index (χ4v) is 2.34. The van der Waals surface area contributed by atoms with Crippen LogP contribution in [0.25, 0.3) is 11.0 Å². The van der Waals surface area contributed by atoms with Crippen molar-refractivity contribution in [2.45, 2.75) is 6.04 Å². The maximum atomic E-state index is 11.3. The second kappa shape index (κ2) is 4.60. The van der Waals surface area contributed by atoms with E-state index < -0.39 is 0 Å². The summed E-state index contributed by atoms with van der Waals surface area (Å²) in [6.45, 7) is 0. The first-order chi connectivity index (χ1) is 9.17. The standard InChI is InChI=1S/C13H12ClN3O2/c1-15-12(10-4-5-11(14)19-10)7-2-3-8-9(6-7)17-13(18)16-8/h2-6,12,15H,1H3,(H2,16,17,18). The van der Waals surface area contributed by atoms with Crippen LogP contribution in [0, 0.1) is 0 Å². The van der Waals surface area contributed by atoms with Gasteiger partial charge in [-0.1, -0.05) is 6.07 Å². The molecule has 3 rings (SSSR count). The summed E-state index contributed by atoms with van der Waals surface area (Å²) < 4.78 is 5.43. The number of imidazole rings is 1. The summed E-state index contributed by atoms with van der Waals surface area (Å²) in [5.41, 5.74) is 2.31. The van der Waals surface area contributed by atoms with Gasteiger partial charge < -0.3 is 19.7 Å². The SMILES string of the molecule is CNC(c1ccc2[nH]c(=O)[nH]c2c1)c1ccc(Cl)o1. The average Bonchev–Trinajstić information content (AvgIpc) is 2.95. The van der Waals surface area contributed by atoms with Crippen molar-refractivity contribution in [3.63, 3.8) is 0 Å². The third-order valence-corrected chi connectivity index (χ3v) is 3.24. The molecule has 98 valence electrons. The van der Waals surface area contributed by atoms with Gasteiger partial charge in [0.2, 0.25) is 0 Å². The molecule has 6 heteroatoms. The summed E-state index contributed by atoms with van der Waals surface area (Å²) in [4.78, 5) is 16.7. The topological polar surface area (TPSA) is 73.8 Å². The molecule has 5 nitrogen and oxygen atoms in total. The van der Waals surface area contributed by atoms with Gasteiger partial charge in [0.1, 0.15) is 5.76 Å². The van der Waals surface area contributed by atoms with Gasteiger partial charge in [-0.25, -0.2) is 4.79 Å².